The first-order chi connectivity index (χ1) is 9.24. The van der Waals surface area contributed by atoms with Crippen molar-refractivity contribution in [3.05, 3.63) is 51.2 Å². The van der Waals surface area contributed by atoms with Gasteiger partial charge < -0.3 is 5.73 Å². The molecule has 0 radical (unpaired) electrons. The zero-order valence-corrected chi connectivity index (χ0v) is 12.3. The van der Waals surface area contributed by atoms with Crippen molar-refractivity contribution < 1.29 is 0 Å². The highest BCUT2D eigenvalue weighted by Crippen LogP contribution is 2.33. The van der Waals surface area contributed by atoms with Crippen LogP contribution in [0.2, 0.25) is 5.02 Å². The van der Waals surface area contributed by atoms with Crippen LogP contribution in [-0.4, -0.2) is 10.9 Å². The number of hydrogen-bond donors (Lipinski definition) is 1. The molecule has 0 saturated heterocycles. The summed E-state index contributed by atoms with van der Waals surface area (Å²) in [5.41, 5.74) is 7.91. The largest absolute Gasteiger partial charge is 0.398 e. The number of nitrogens with two attached hydrogens (primary N) is 1. The first-order valence-corrected chi connectivity index (χ1v) is 7.79. The van der Waals surface area contributed by atoms with Crippen LogP contribution in [0.3, 0.4) is 0 Å². The highest BCUT2D eigenvalue weighted by Gasteiger charge is 2.29. The SMILES string of the molecule is Nc1cccc(Cl)c1CN(Cc1cccs1)C1CC1. The lowest BCUT2D eigenvalue weighted by Gasteiger charge is -2.22. The van der Waals surface area contributed by atoms with Crippen LogP contribution in [-0.2, 0) is 13.1 Å². The summed E-state index contributed by atoms with van der Waals surface area (Å²) in [5.74, 6) is 0. The molecular formula is C15H17ClN2S. The summed E-state index contributed by atoms with van der Waals surface area (Å²) in [6.07, 6.45) is 2.57. The molecule has 0 atom stereocenters. The minimum atomic E-state index is 0.692. The second kappa shape index (κ2) is 5.53. The van der Waals surface area contributed by atoms with E-state index < -0.39 is 0 Å². The lowest BCUT2D eigenvalue weighted by atomic mass is 10.1. The Bertz CT molecular complexity index is 529. The molecule has 1 aromatic carbocycles. The van der Waals surface area contributed by atoms with E-state index in [0.717, 1.165) is 29.4 Å². The van der Waals surface area contributed by atoms with E-state index in [1.54, 1.807) is 0 Å². The Balaban J connectivity index is 1.78. The number of thiophene rings is 1. The van der Waals surface area contributed by atoms with Gasteiger partial charge in [-0.2, -0.15) is 0 Å². The zero-order valence-electron chi connectivity index (χ0n) is 10.7. The van der Waals surface area contributed by atoms with Gasteiger partial charge in [-0.3, -0.25) is 4.90 Å². The second-order valence-electron chi connectivity index (χ2n) is 5.02. The van der Waals surface area contributed by atoms with Crippen molar-refractivity contribution in [2.24, 2.45) is 0 Å². The molecule has 1 fully saturated rings. The van der Waals surface area contributed by atoms with Crippen molar-refractivity contribution in [1.29, 1.82) is 0 Å². The first-order valence-electron chi connectivity index (χ1n) is 6.53. The molecule has 19 heavy (non-hydrogen) atoms. The first kappa shape index (κ1) is 13.0. The van der Waals surface area contributed by atoms with Crippen molar-refractivity contribution in [1.82, 2.24) is 4.90 Å². The normalized spacial score (nSPS) is 15.1. The number of anilines is 1. The molecule has 1 saturated carbocycles. The van der Waals surface area contributed by atoms with Crippen molar-refractivity contribution in [2.75, 3.05) is 5.73 Å². The lowest BCUT2D eigenvalue weighted by Crippen LogP contribution is -2.25. The van der Waals surface area contributed by atoms with Gasteiger partial charge in [0.05, 0.1) is 0 Å². The van der Waals surface area contributed by atoms with E-state index in [1.807, 2.05) is 29.5 Å². The third-order valence-corrected chi connectivity index (χ3v) is 4.73. The van der Waals surface area contributed by atoms with Crippen LogP contribution in [0, 0.1) is 0 Å². The summed E-state index contributed by atoms with van der Waals surface area (Å²) in [4.78, 5) is 3.89. The molecule has 3 rings (SSSR count). The van der Waals surface area contributed by atoms with Gasteiger partial charge >= 0.3 is 0 Å². The van der Waals surface area contributed by atoms with Crippen LogP contribution in [0.15, 0.2) is 35.7 Å². The maximum Gasteiger partial charge on any atom is 0.0471 e. The summed E-state index contributed by atoms with van der Waals surface area (Å²) in [7, 11) is 0. The molecule has 0 spiro atoms. The Kier molecular flexibility index (Phi) is 3.78. The Morgan fingerprint density at radius 3 is 2.68 bits per heavy atom. The van der Waals surface area contributed by atoms with E-state index in [9.17, 15) is 0 Å². The summed E-state index contributed by atoms with van der Waals surface area (Å²) in [5, 5.41) is 2.90. The standard InChI is InChI=1S/C15H17ClN2S/c16-14-4-1-5-15(17)13(14)10-18(11-6-7-11)9-12-3-2-8-19-12/h1-5,8,11H,6-7,9-10,17H2. The smallest absolute Gasteiger partial charge is 0.0471 e. The molecule has 2 aromatic rings. The quantitative estimate of drug-likeness (QED) is 0.839. The highest BCUT2D eigenvalue weighted by atomic mass is 35.5. The van der Waals surface area contributed by atoms with Crippen molar-refractivity contribution >= 4 is 28.6 Å². The van der Waals surface area contributed by atoms with Gasteiger partial charge in [-0.1, -0.05) is 23.7 Å². The number of hydrogen-bond acceptors (Lipinski definition) is 3. The van der Waals surface area contributed by atoms with Gasteiger partial charge in [0.2, 0.25) is 0 Å². The van der Waals surface area contributed by atoms with Gasteiger partial charge in [0.15, 0.2) is 0 Å². The molecule has 2 nitrogen and oxygen atoms in total. The average Bonchev–Trinajstić information content (AvgIpc) is 3.11. The summed E-state index contributed by atoms with van der Waals surface area (Å²) >= 11 is 8.09. The minimum Gasteiger partial charge on any atom is -0.398 e. The van der Waals surface area contributed by atoms with Gasteiger partial charge in [0.1, 0.15) is 0 Å². The molecule has 1 aliphatic rings. The van der Waals surface area contributed by atoms with E-state index in [4.69, 9.17) is 17.3 Å². The molecule has 0 unspecified atom stereocenters. The van der Waals surface area contributed by atoms with Gasteiger partial charge in [0, 0.05) is 40.3 Å². The number of rotatable bonds is 5. The van der Waals surface area contributed by atoms with Gasteiger partial charge in [-0.25, -0.2) is 0 Å². The monoisotopic (exact) mass is 292 g/mol. The Morgan fingerprint density at radius 1 is 1.21 bits per heavy atom. The van der Waals surface area contributed by atoms with Crippen LogP contribution in [0.5, 0.6) is 0 Å². The van der Waals surface area contributed by atoms with Crippen molar-refractivity contribution in [3.8, 4) is 0 Å². The maximum absolute atomic E-state index is 6.28. The molecule has 2 N–H and O–H groups in total. The Hall–Kier alpha value is -1.03. The van der Waals surface area contributed by atoms with Crippen LogP contribution in [0.4, 0.5) is 5.69 Å². The fourth-order valence-electron chi connectivity index (χ4n) is 2.30. The lowest BCUT2D eigenvalue weighted by molar-refractivity contribution is 0.248. The van der Waals surface area contributed by atoms with Gasteiger partial charge in [-0.05, 0) is 36.4 Å². The third-order valence-electron chi connectivity index (χ3n) is 3.52. The molecule has 4 heteroatoms. The van der Waals surface area contributed by atoms with Crippen molar-refractivity contribution in [2.45, 2.75) is 32.0 Å². The van der Waals surface area contributed by atoms with E-state index in [0.29, 0.717) is 6.04 Å². The Labute approximate surface area is 122 Å². The fourth-order valence-corrected chi connectivity index (χ4v) is 3.27. The summed E-state index contributed by atoms with van der Waals surface area (Å²) < 4.78 is 0. The van der Waals surface area contributed by atoms with E-state index in [1.165, 1.54) is 17.7 Å². The zero-order chi connectivity index (χ0) is 13.2. The number of benzene rings is 1. The van der Waals surface area contributed by atoms with Gasteiger partial charge in [-0.15, -0.1) is 11.3 Å². The molecule has 0 aliphatic heterocycles. The topological polar surface area (TPSA) is 29.3 Å². The molecule has 0 amide bonds. The second-order valence-corrected chi connectivity index (χ2v) is 6.46. The fraction of sp³-hybridized carbons (Fsp3) is 0.333. The molecular weight excluding hydrogens is 276 g/mol. The van der Waals surface area contributed by atoms with Crippen LogP contribution in [0.1, 0.15) is 23.3 Å². The summed E-state index contributed by atoms with van der Waals surface area (Å²) in [6.45, 7) is 1.83. The van der Waals surface area contributed by atoms with E-state index in [-0.39, 0.29) is 0 Å². The predicted molar refractivity (Wildman–Crippen MR) is 82.5 cm³/mol. The van der Waals surface area contributed by atoms with E-state index >= 15 is 0 Å². The number of nitrogen functional groups attached to an aromatic ring is 1. The molecule has 0 bridgehead atoms. The number of nitrogens with zero attached hydrogens (tertiary/aromatic N) is 1. The molecule has 1 aromatic heterocycles. The van der Waals surface area contributed by atoms with Crippen LogP contribution >= 0.6 is 22.9 Å². The number of halogens is 1. The Morgan fingerprint density at radius 2 is 2.05 bits per heavy atom. The van der Waals surface area contributed by atoms with E-state index in [2.05, 4.69) is 22.4 Å². The highest BCUT2D eigenvalue weighted by molar-refractivity contribution is 7.09. The maximum atomic E-state index is 6.28. The molecule has 100 valence electrons. The third kappa shape index (κ3) is 3.11. The summed E-state index contributed by atoms with van der Waals surface area (Å²) in [6, 6.07) is 10.7. The van der Waals surface area contributed by atoms with Gasteiger partial charge in [0.25, 0.3) is 0 Å². The van der Waals surface area contributed by atoms with Crippen molar-refractivity contribution in [3.63, 3.8) is 0 Å². The minimum absolute atomic E-state index is 0.692. The molecule has 1 aliphatic carbocycles. The predicted octanol–water partition coefficient (Wildman–Crippen LogP) is 4.15. The van der Waals surface area contributed by atoms with Crippen LogP contribution < -0.4 is 5.73 Å². The molecule has 1 heterocycles. The average molecular weight is 293 g/mol. The van der Waals surface area contributed by atoms with Crippen LogP contribution in [0.25, 0.3) is 0 Å².